The third-order valence-electron chi connectivity index (χ3n) is 4.78. The zero-order chi connectivity index (χ0) is 22.1. The number of nitrogens with one attached hydrogen (secondary N) is 2. The molecular formula is C20H28N2O8. The van der Waals surface area contributed by atoms with Gasteiger partial charge < -0.3 is 35.8 Å². The van der Waals surface area contributed by atoms with Crippen LogP contribution in [-0.2, 0) is 19.1 Å². The van der Waals surface area contributed by atoms with Gasteiger partial charge in [0, 0.05) is 18.5 Å². The maximum Gasteiger partial charge on any atom is 0.335 e. The summed E-state index contributed by atoms with van der Waals surface area (Å²) in [5.41, 5.74) is 0.745. The van der Waals surface area contributed by atoms with Crippen LogP contribution in [0, 0.1) is 0 Å². The first-order valence-corrected chi connectivity index (χ1v) is 9.86. The predicted molar refractivity (Wildman–Crippen MR) is 105 cm³/mol. The fourth-order valence-electron chi connectivity index (χ4n) is 3.10. The summed E-state index contributed by atoms with van der Waals surface area (Å²) in [5.74, 6) is -2.06. The number of carbonyl (C=O) groups is 3. The Bertz CT molecular complexity index is 714. The number of hydrogen-bond donors (Lipinski definition) is 6. The first-order chi connectivity index (χ1) is 14.3. The highest BCUT2D eigenvalue weighted by molar-refractivity contribution is 5.90. The molecule has 0 spiro atoms. The summed E-state index contributed by atoms with van der Waals surface area (Å²) >= 11 is 0. The summed E-state index contributed by atoms with van der Waals surface area (Å²) in [7, 11) is 0. The molecule has 1 aliphatic heterocycles. The predicted octanol–water partition coefficient (Wildman–Crippen LogP) is -0.0259. The summed E-state index contributed by atoms with van der Waals surface area (Å²) in [6.45, 7) is 0. The number of rotatable bonds is 10. The van der Waals surface area contributed by atoms with Crippen LogP contribution in [-0.4, -0.2) is 68.9 Å². The Hall–Kier alpha value is -2.53. The van der Waals surface area contributed by atoms with Crippen molar-refractivity contribution in [1.82, 2.24) is 5.32 Å². The first-order valence-electron chi connectivity index (χ1n) is 9.86. The maximum absolute atomic E-state index is 12.0. The molecule has 10 nitrogen and oxygen atoms in total. The molecule has 1 saturated heterocycles. The molecular weight excluding hydrogens is 396 g/mol. The van der Waals surface area contributed by atoms with Crippen molar-refractivity contribution in [3.8, 4) is 0 Å². The number of amides is 2. The van der Waals surface area contributed by atoms with Crippen LogP contribution in [0.4, 0.5) is 5.69 Å². The molecule has 166 valence electrons. The van der Waals surface area contributed by atoms with Crippen molar-refractivity contribution in [1.29, 1.82) is 0 Å². The van der Waals surface area contributed by atoms with Crippen LogP contribution in [0.2, 0.25) is 0 Å². The van der Waals surface area contributed by atoms with Crippen LogP contribution in [0.1, 0.15) is 38.5 Å². The van der Waals surface area contributed by atoms with E-state index in [0.29, 0.717) is 25.7 Å². The summed E-state index contributed by atoms with van der Waals surface area (Å²) < 4.78 is 5.00. The second kappa shape index (κ2) is 11.6. The van der Waals surface area contributed by atoms with Crippen molar-refractivity contribution in [2.24, 2.45) is 0 Å². The second-order valence-electron chi connectivity index (χ2n) is 7.18. The number of carboxylic acid groups (broad SMARTS) is 1. The number of unbranched alkanes of at least 4 members (excludes halogenated alkanes) is 3. The molecule has 0 aromatic heterocycles. The fraction of sp³-hybridized carbons (Fsp3) is 0.550. The topological polar surface area (TPSA) is 165 Å². The Balaban J connectivity index is 1.61. The monoisotopic (exact) mass is 424 g/mol. The van der Waals surface area contributed by atoms with Crippen molar-refractivity contribution in [2.45, 2.75) is 69.2 Å². The Morgan fingerprint density at radius 2 is 1.43 bits per heavy atom. The zero-order valence-electron chi connectivity index (χ0n) is 16.4. The Morgan fingerprint density at radius 3 is 2.03 bits per heavy atom. The Morgan fingerprint density at radius 1 is 0.833 bits per heavy atom. The minimum atomic E-state index is -1.80. The van der Waals surface area contributed by atoms with E-state index >= 15 is 0 Å². The van der Waals surface area contributed by atoms with Gasteiger partial charge in [-0.3, -0.25) is 9.59 Å². The molecule has 1 aromatic carbocycles. The van der Waals surface area contributed by atoms with Crippen molar-refractivity contribution >= 4 is 23.5 Å². The highest BCUT2D eigenvalue weighted by Crippen LogP contribution is 2.20. The third-order valence-corrected chi connectivity index (χ3v) is 4.78. The SMILES string of the molecule is O=C(CCCCCCC(=O)N[C@@H]1O[C@H](C(=O)O)[C@@H](O)[C@H](O)[C@H]1O)Nc1ccccc1. The van der Waals surface area contributed by atoms with Crippen LogP contribution in [0.25, 0.3) is 0 Å². The molecule has 0 radical (unpaired) electrons. The first kappa shape index (κ1) is 23.7. The van der Waals surface area contributed by atoms with Gasteiger partial charge in [-0.05, 0) is 25.0 Å². The molecule has 10 heteroatoms. The number of ether oxygens (including phenoxy) is 1. The van der Waals surface area contributed by atoms with Crippen molar-refractivity contribution in [2.75, 3.05) is 5.32 Å². The van der Waals surface area contributed by atoms with E-state index in [-0.39, 0.29) is 12.3 Å². The van der Waals surface area contributed by atoms with E-state index in [1.54, 1.807) is 0 Å². The van der Waals surface area contributed by atoms with E-state index in [1.807, 2.05) is 30.3 Å². The van der Waals surface area contributed by atoms with E-state index < -0.39 is 42.5 Å². The molecule has 0 aliphatic carbocycles. The highest BCUT2D eigenvalue weighted by atomic mass is 16.6. The van der Waals surface area contributed by atoms with Gasteiger partial charge in [0.25, 0.3) is 0 Å². The van der Waals surface area contributed by atoms with E-state index in [2.05, 4.69) is 10.6 Å². The van der Waals surface area contributed by atoms with Gasteiger partial charge in [0.1, 0.15) is 18.3 Å². The number of carboxylic acids is 1. The van der Waals surface area contributed by atoms with Gasteiger partial charge >= 0.3 is 5.97 Å². The molecule has 6 N–H and O–H groups in total. The van der Waals surface area contributed by atoms with Gasteiger partial charge in [0.2, 0.25) is 11.8 Å². The zero-order valence-corrected chi connectivity index (χ0v) is 16.4. The van der Waals surface area contributed by atoms with E-state index in [9.17, 15) is 29.7 Å². The van der Waals surface area contributed by atoms with Gasteiger partial charge in [-0.15, -0.1) is 0 Å². The van der Waals surface area contributed by atoms with Gasteiger partial charge in [0.15, 0.2) is 12.3 Å². The quantitative estimate of drug-likeness (QED) is 0.285. The molecule has 1 aliphatic rings. The largest absolute Gasteiger partial charge is 0.479 e. The maximum atomic E-state index is 12.0. The van der Waals surface area contributed by atoms with Crippen LogP contribution >= 0.6 is 0 Å². The minimum Gasteiger partial charge on any atom is -0.479 e. The lowest BCUT2D eigenvalue weighted by Crippen LogP contribution is -2.64. The fourth-order valence-corrected chi connectivity index (χ4v) is 3.10. The number of hydrogen-bond acceptors (Lipinski definition) is 7. The van der Waals surface area contributed by atoms with Crippen LogP contribution < -0.4 is 10.6 Å². The molecule has 1 heterocycles. The van der Waals surface area contributed by atoms with Crippen LogP contribution in [0.15, 0.2) is 30.3 Å². The number of aliphatic carboxylic acids is 1. The van der Waals surface area contributed by atoms with E-state index in [1.165, 1.54) is 0 Å². The smallest absolute Gasteiger partial charge is 0.335 e. The van der Waals surface area contributed by atoms with E-state index in [0.717, 1.165) is 12.1 Å². The molecule has 5 atom stereocenters. The lowest BCUT2D eigenvalue weighted by molar-refractivity contribution is -0.233. The molecule has 2 rings (SSSR count). The van der Waals surface area contributed by atoms with E-state index in [4.69, 9.17) is 9.84 Å². The number of para-hydroxylation sites is 1. The van der Waals surface area contributed by atoms with Crippen LogP contribution in [0.3, 0.4) is 0 Å². The number of aliphatic hydroxyl groups excluding tert-OH is 3. The van der Waals surface area contributed by atoms with Gasteiger partial charge in [-0.25, -0.2) is 4.79 Å². The lowest BCUT2D eigenvalue weighted by atomic mass is 9.98. The summed E-state index contributed by atoms with van der Waals surface area (Å²) in [4.78, 5) is 34.9. The second-order valence-corrected chi connectivity index (χ2v) is 7.18. The standard InChI is InChI=1S/C20H28N2O8/c23-13(21-12-8-4-3-5-9-12)10-6-1-2-7-11-14(24)22-19-17(27)15(25)16(26)18(30-19)20(28)29/h3-5,8-9,15-19,25-27H,1-2,6-7,10-11H2,(H,21,23)(H,22,24)(H,28,29)/t15-,16-,17+,18-,19+/m0/s1. The van der Waals surface area contributed by atoms with Gasteiger partial charge in [0.05, 0.1) is 0 Å². The molecule has 1 fully saturated rings. The molecule has 0 saturated carbocycles. The molecule has 0 bridgehead atoms. The average molecular weight is 424 g/mol. The number of benzene rings is 1. The highest BCUT2D eigenvalue weighted by Gasteiger charge is 2.47. The molecule has 30 heavy (non-hydrogen) atoms. The average Bonchev–Trinajstić information content (AvgIpc) is 2.71. The van der Waals surface area contributed by atoms with Crippen molar-refractivity contribution < 1.29 is 39.5 Å². The molecule has 0 unspecified atom stereocenters. The number of carbonyl (C=O) groups excluding carboxylic acids is 2. The summed E-state index contributed by atoms with van der Waals surface area (Å²) in [6.07, 6.45) is -5.24. The Kier molecular flexibility index (Phi) is 9.18. The van der Waals surface area contributed by atoms with Crippen molar-refractivity contribution in [3.63, 3.8) is 0 Å². The molecule has 2 amide bonds. The number of aliphatic hydroxyl groups is 3. The minimum absolute atomic E-state index is 0.0730. The summed E-state index contributed by atoms with van der Waals surface area (Å²) in [5, 5.41) is 43.3. The van der Waals surface area contributed by atoms with Crippen molar-refractivity contribution in [3.05, 3.63) is 30.3 Å². The van der Waals surface area contributed by atoms with Gasteiger partial charge in [-0.1, -0.05) is 31.0 Å². The molecule has 1 aromatic rings. The normalized spacial score (nSPS) is 26.0. The summed E-state index contributed by atoms with van der Waals surface area (Å²) in [6, 6.07) is 9.15. The Labute approximate surface area is 173 Å². The van der Waals surface area contributed by atoms with Crippen LogP contribution in [0.5, 0.6) is 0 Å². The lowest BCUT2D eigenvalue weighted by Gasteiger charge is -2.38. The van der Waals surface area contributed by atoms with Gasteiger partial charge in [-0.2, -0.15) is 0 Å². The number of anilines is 1. The third kappa shape index (κ3) is 7.06.